The maximum absolute atomic E-state index is 11.1. The molecule has 6 aliphatic rings. The molecule has 6 saturated heterocycles. The van der Waals surface area contributed by atoms with Crippen LogP contribution in [0.5, 0.6) is 0 Å². The maximum atomic E-state index is 11.1. The van der Waals surface area contributed by atoms with Gasteiger partial charge in [-0.25, -0.2) is 0 Å². The predicted octanol–water partition coefficient (Wildman–Crippen LogP) is 1.97. The van der Waals surface area contributed by atoms with Crippen LogP contribution < -0.4 is 0 Å². The Morgan fingerprint density at radius 1 is 0.644 bits per heavy atom. The fourth-order valence-corrected chi connectivity index (χ4v) is 6.50. The third-order valence-electron chi connectivity index (χ3n) is 7.17. The molecule has 8 atom stereocenters. The van der Waals surface area contributed by atoms with Gasteiger partial charge in [-0.2, -0.15) is 16.8 Å². The van der Waals surface area contributed by atoms with Gasteiger partial charge in [-0.15, -0.1) is 0 Å². The lowest BCUT2D eigenvalue weighted by molar-refractivity contribution is -0.294. The molecule has 6 aliphatic heterocycles. The van der Waals surface area contributed by atoms with E-state index in [4.69, 9.17) is 66.5 Å². The molecule has 0 radical (unpaired) electrons. The zero-order chi connectivity index (χ0) is 34.1. The average Bonchev–Trinajstić information content (AvgIpc) is 3.51. The number of aliphatic hydroxyl groups is 1. The Kier molecular flexibility index (Phi) is 10.6. The van der Waals surface area contributed by atoms with E-state index in [1.54, 1.807) is 41.5 Å². The summed E-state index contributed by atoms with van der Waals surface area (Å²) >= 11 is 0. The van der Waals surface area contributed by atoms with Crippen LogP contribution in [0.4, 0.5) is 0 Å². The summed E-state index contributed by atoms with van der Waals surface area (Å²) < 4.78 is 103. The van der Waals surface area contributed by atoms with E-state index in [0.717, 1.165) is 0 Å². The molecule has 0 spiro atoms. The topological polar surface area (TPSA) is 190 Å². The molecule has 0 aromatic rings. The SMILES string of the molecule is CC1(C)O[C@@H]2[C@@H](CO[C@@]3(CO)OC(C)(C)O[C@@H]23)O1.CC1(C)O[C@@H]2[C@@H](CO[C@@]3(COS(=O)(=O)Cl)OC(C)(C)O[C@@H]23)O1.O=S(=O)(Cl)Cl. The van der Waals surface area contributed by atoms with Crippen LogP contribution in [-0.2, 0) is 69.1 Å². The zero-order valence-electron chi connectivity index (χ0n) is 25.8. The first-order chi connectivity index (χ1) is 20.2. The van der Waals surface area contributed by atoms with E-state index in [1.807, 2.05) is 13.8 Å². The smallest absolute Gasteiger partial charge is 0.355 e. The Hall–Kier alpha value is 0.290. The molecule has 16 nitrogen and oxygen atoms in total. The minimum atomic E-state index is -4.16. The normalized spacial score (nSPS) is 41.8. The Bertz CT molecular complexity index is 1300. The fourth-order valence-electron chi connectivity index (χ4n) is 6.06. The molecule has 0 aromatic heterocycles. The second kappa shape index (κ2) is 12.6. The molecule has 45 heavy (non-hydrogen) atoms. The lowest BCUT2D eigenvalue weighted by Gasteiger charge is -2.39. The molecule has 1 N–H and O–H groups in total. The quantitative estimate of drug-likeness (QED) is 0.410. The lowest BCUT2D eigenvalue weighted by Crippen LogP contribution is -2.60. The number of hydrogen-bond acceptors (Lipinski definition) is 16. The molecule has 264 valence electrons. The molecular formula is C24H39Cl3O16S2. The summed E-state index contributed by atoms with van der Waals surface area (Å²) in [6.07, 6.45) is -2.48. The second-order valence-electron chi connectivity index (χ2n) is 12.8. The highest BCUT2D eigenvalue weighted by molar-refractivity contribution is 8.31. The van der Waals surface area contributed by atoms with Crippen molar-refractivity contribution >= 4 is 49.6 Å². The highest BCUT2D eigenvalue weighted by atomic mass is 36.0. The van der Waals surface area contributed by atoms with Crippen molar-refractivity contribution in [3.8, 4) is 0 Å². The third kappa shape index (κ3) is 9.30. The first kappa shape index (κ1) is 38.1. The molecule has 0 amide bonds. The summed E-state index contributed by atoms with van der Waals surface area (Å²) in [6.45, 7) is 14.0. The zero-order valence-corrected chi connectivity index (χ0v) is 29.7. The standard InChI is InChI=1S/C12H19ClO8S.C12H20O6.Cl2O2S/c1-10(2)18-7-5-16-12(6-17-22(13,14)15)9(8(7)19-10)20-11(3,4)21-12;1-10(2)15-7-5-14-12(6-13)9(8(7)16-10)17-11(3,4)18-12;1-5(2,3)4/h7-9H,5-6H2,1-4H3;7-9,13H,5-6H2,1-4H3;/t2*7-,8-,9+,12+;/m11./s1. The molecule has 0 aromatic carbocycles. The number of halogens is 3. The first-order valence-electron chi connectivity index (χ1n) is 13.8. The molecule has 0 bridgehead atoms. The summed E-state index contributed by atoms with van der Waals surface area (Å²) in [5, 5.41) is 9.61. The molecule has 6 fully saturated rings. The van der Waals surface area contributed by atoms with Gasteiger partial charge in [0, 0.05) is 32.0 Å². The minimum absolute atomic E-state index is 0.162. The number of aliphatic hydroxyl groups excluding tert-OH is 1. The van der Waals surface area contributed by atoms with Gasteiger partial charge in [-0.3, -0.25) is 4.18 Å². The predicted molar refractivity (Wildman–Crippen MR) is 154 cm³/mol. The van der Waals surface area contributed by atoms with E-state index in [1.165, 1.54) is 0 Å². The fraction of sp³-hybridized carbons (Fsp3) is 1.00. The molecule has 0 saturated carbocycles. The van der Waals surface area contributed by atoms with Gasteiger partial charge in [0.25, 0.3) is 0 Å². The third-order valence-corrected chi connectivity index (χ3v) is 7.84. The number of hydrogen-bond donors (Lipinski definition) is 1. The van der Waals surface area contributed by atoms with Crippen LogP contribution in [0.3, 0.4) is 0 Å². The lowest BCUT2D eigenvalue weighted by atomic mass is 9.98. The summed E-state index contributed by atoms with van der Waals surface area (Å²) in [6, 6.07) is 0. The Morgan fingerprint density at radius 2 is 1.02 bits per heavy atom. The van der Waals surface area contributed by atoms with Gasteiger partial charge in [0.05, 0.1) is 13.2 Å². The van der Waals surface area contributed by atoms with Crippen molar-refractivity contribution in [3.63, 3.8) is 0 Å². The Balaban J connectivity index is 0.000000181. The Labute approximate surface area is 275 Å². The van der Waals surface area contributed by atoms with Crippen molar-refractivity contribution in [2.75, 3.05) is 26.4 Å². The molecule has 6 heterocycles. The number of ether oxygens (including phenoxy) is 10. The van der Waals surface area contributed by atoms with Crippen LogP contribution in [0.15, 0.2) is 0 Å². The van der Waals surface area contributed by atoms with Crippen LogP contribution in [0, 0.1) is 0 Å². The average molecular weight is 754 g/mol. The Morgan fingerprint density at radius 3 is 1.42 bits per heavy atom. The van der Waals surface area contributed by atoms with Gasteiger partial charge in [0.1, 0.15) is 49.8 Å². The molecule has 21 heteroatoms. The van der Waals surface area contributed by atoms with E-state index in [0.29, 0.717) is 6.61 Å². The number of fused-ring (bicyclic) bond motifs is 6. The second-order valence-corrected chi connectivity index (χ2v) is 18.6. The van der Waals surface area contributed by atoms with Gasteiger partial charge in [0.2, 0.25) is 11.6 Å². The van der Waals surface area contributed by atoms with Crippen molar-refractivity contribution in [1.29, 1.82) is 0 Å². The van der Waals surface area contributed by atoms with Crippen LogP contribution >= 0.6 is 32.0 Å². The van der Waals surface area contributed by atoms with Gasteiger partial charge in [-0.1, -0.05) is 0 Å². The van der Waals surface area contributed by atoms with E-state index in [2.05, 4.69) is 25.5 Å². The van der Waals surface area contributed by atoms with Crippen LogP contribution in [0.2, 0.25) is 0 Å². The van der Waals surface area contributed by atoms with Gasteiger partial charge in [0.15, 0.2) is 23.1 Å². The van der Waals surface area contributed by atoms with Crippen molar-refractivity contribution < 1.29 is 73.5 Å². The van der Waals surface area contributed by atoms with Crippen molar-refractivity contribution in [3.05, 3.63) is 0 Å². The first-order valence-corrected chi connectivity index (χ1v) is 19.1. The van der Waals surface area contributed by atoms with Crippen LogP contribution in [-0.4, -0.2) is 120 Å². The molecule has 0 aliphatic carbocycles. The van der Waals surface area contributed by atoms with Gasteiger partial charge >= 0.3 is 17.6 Å². The summed E-state index contributed by atoms with van der Waals surface area (Å²) in [5.74, 6) is -5.82. The molecular weight excluding hydrogens is 715 g/mol. The van der Waals surface area contributed by atoms with E-state index >= 15 is 0 Å². The number of rotatable bonds is 4. The monoisotopic (exact) mass is 752 g/mol. The summed E-state index contributed by atoms with van der Waals surface area (Å²) in [7, 11) is 5.76. The summed E-state index contributed by atoms with van der Waals surface area (Å²) in [4.78, 5) is 0. The van der Waals surface area contributed by atoms with Gasteiger partial charge < -0.3 is 52.5 Å². The largest absolute Gasteiger partial charge is 0.391 e. The van der Waals surface area contributed by atoms with Crippen LogP contribution in [0.1, 0.15) is 55.4 Å². The minimum Gasteiger partial charge on any atom is -0.391 e. The van der Waals surface area contributed by atoms with E-state index < -0.39 is 77.2 Å². The highest BCUT2D eigenvalue weighted by Gasteiger charge is 2.67. The van der Waals surface area contributed by atoms with Crippen LogP contribution in [0.25, 0.3) is 0 Å². The van der Waals surface area contributed by atoms with E-state index in [-0.39, 0.29) is 31.5 Å². The van der Waals surface area contributed by atoms with E-state index in [9.17, 15) is 13.5 Å². The maximum Gasteiger partial charge on any atom is 0.355 e. The van der Waals surface area contributed by atoms with Crippen molar-refractivity contribution in [2.45, 2.75) is 127 Å². The van der Waals surface area contributed by atoms with Crippen molar-refractivity contribution in [2.24, 2.45) is 0 Å². The van der Waals surface area contributed by atoms with Crippen molar-refractivity contribution in [1.82, 2.24) is 0 Å². The highest BCUT2D eigenvalue weighted by Crippen LogP contribution is 2.49. The summed E-state index contributed by atoms with van der Waals surface area (Å²) in [5.41, 5.74) is 0. The molecule has 6 rings (SSSR count). The molecule has 0 unspecified atom stereocenters. The van der Waals surface area contributed by atoms with Gasteiger partial charge in [-0.05, 0) is 55.4 Å².